The van der Waals surface area contributed by atoms with Crippen molar-refractivity contribution in [3.8, 4) is 0 Å². The zero-order valence-corrected chi connectivity index (χ0v) is 15.6. The lowest BCUT2D eigenvalue weighted by atomic mass is 9.82. The number of rotatable bonds is 14. The summed E-state index contributed by atoms with van der Waals surface area (Å²) in [5.41, 5.74) is 0.603. The van der Waals surface area contributed by atoms with Crippen molar-refractivity contribution in [3.05, 3.63) is 0 Å². The molecule has 1 fully saturated rings. The van der Waals surface area contributed by atoms with Gasteiger partial charge in [-0.05, 0) is 30.1 Å². The first-order chi connectivity index (χ1) is 10.0. The third kappa shape index (κ3) is 11.2. The van der Waals surface area contributed by atoms with Crippen LogP contribution in [0.2, 0.25) is 0 Å². The van der Waals surface area contributed by atoms with Gasteiger partial charge < -0.3 is 0 Å². The van der Waals surface area contributed by atoms with Crippen molar-refractivity contribution in [2.24, 2.45) is 17.3 Å². The van der Waals surface area contributed by atoms with Gasteiger partial charge in [-0.25, -0.2) is 0 Å². The maximum atomic E-state index is 2.49. The SMILES string of the molecule is CCC(C)CCCCCCCCC(C)(C)CCCC1CC1. The van der Waals surface area contributed by atoms with Crippen LogP contribution in [0.5, 0.6) is 0 Å². The molecule has 0 N–H and O–H groups in total. The Balaban J connectivity index is 1.85. The van der Waals surface area contributed by atoms with Gasteiger partial charge >= 0.3 is 0 Å². The Morgan fingerprint density at radius 1 is 0.857 bits per heavy atom. The molecular formula is C21H42. The lowest BCUT2D eigenvalue weighted by molar-refractivity contribution is 0.281. The molecule has 126 valence electrons. The van der Waals surface area contributed by atoms with E-state index in [1.165, 1.54) is 89.9 Å². The highest BCUT2D eigenvalue weighted by molar-refractivity contribution is 4.75. The smallest absolute Gasteiger partial charge is 0.0354 e. The molecule has 1 unspecified atom stereocenters. The maximum absolute atomic E-state index is 2.49. The van der Waals surface area contributed by atoms with E-state index in [4.69, 9.17) is 0 Å². The molecule has 0 radical (unpaired) electrons. The fourth-order valence-corrected chi connectivity index (χ4v) is 3.41. The molecule has 0 aliphatic heterocycles. The van der Waals surface area contributed by atoms with E-state index in [-0.39, 0.29) is 0 Å². The van der Waals surface area contributed by atoms with E-state index in [0.717, 1.165) is 11.8 Å². The molecule has 0 aromatic carbocycles. The van der Waals surface area contributed by atoms with Gasteiger partial charge in [0.15, 0.2) is 0 Å². The predicted octanol–water partition coefficient (Wildman–Crippen LogP) is 7.76. The van der Waals surface area contributed by atoms with E-state index in [1.54, 1.807) is 0 Å². The Morgan fingerprint density at radius 3 is 2.05 bits per heavy atom. The third-order valence-electron chi connectivity index (χ3n) is 5.66. The number of hydrogen-bond donors (Lipinski definition) is 0. The average Bonchev–Trinajstić information content (AvgIpc) is 3.25. The summed E-state index contributed by atoms with van der Waals surface area (Å²) in [7, 11) is 0. The summed E-state index contributed by atoms with van der Waals surface area (Å²) in [4.78, 5) is 0. The summed E-state index contributed by atoms with van der Waals surface area (Å²) in [6.45, 7) is 9.69. The van der Waals surface area contributed by atoms with Crippen LogP contribution in [0.4, 0.5) is 0 Å². The first-order valence-corrected chi connectivity index (χ1v) is 10.0. The summed E-state index contributed by atoms with van der Waals surface area (Å²) in [6.07, 6.45) is 20.6. The highest BCUT2D eigenvalue weighted by atomic mass is 14.3. The molecular weight excluding hydrogens is 252 g/mol. The zero-order chi connectivity index (χ0) is 15.6. The molecule has 0 heteroatoms. The van der Waals surface area contributed by atoms with Gasteiger partial charge in [-0.15, -0.1) is 0 Å². The van der Waals surface area contributed by atoms with Crippen LogP contribution in [0.15, 0.2) is 0 Å². The van der Waals surface area contributed by atoms with Gasteiger partial charge in [-0.2, -0.15) is 0 Å². The van der Waals surface area contributed by atoms with Gasteiger partial charge in [0.05, 0.1) is 0 Å². The van der Waals surface area contributed by atoms with E-state index in [0.29, 0.717) is 5.41 Å². The van der Waals surface area contributed by atoms with Crippen LogP contribution in [0.1, 0.15) is 118 Å². The summed E-state index contributed by atoms with van der Waals surface area (Å²) < 4.78 is 0. The second-order valence-corrected chi connectivity index (χ2v) is 8.67. The van der Waals surface area contributed by atoms with Crippen molar-refractivity contribution >= 4 is 0 Å². The molecule has 0 bridgehead atoms. The van der Waals surface area contributed by atoms with Crippen LogP contribution >= 0.6 is 0 Å². The van der Waals surface area contributed by atoms with Crippen LogP contribution in [-0.4, -0.2) is 0 Å². The molecule has 21 heavy (non-hydrogen) atoms. The molecule has 0 nitrogen and oxygen atoms in total. The van der Waals surface area contributed by atoms with Crippen molar-refractivity contribution in [3.63, 3.8) is 0 Å². The predicted molar refractivity (Wildman–Crippen MR) is 96.7 cm³/mol. The average molecular weight is 295 g/mol. The molecule has 0 aromatic rings. The Kier molecular flexibility index (Phi) is 9.69. The summed E-state index contributed by atoms with van der Waals surface area (Å²) in [6, 6.07) is 0. The van der Waals surface area contributed by atoms with Crippen molar-refractivity contribution in [2.75, 3.05) is 0 Å². The van der Waals surface area contributed by atoms with E-state index in [9.17, 15) is 0 Å². The molecule has 0 saturated heterocycles. The molecule has 1 aliphatic rings. The summed E-state index contributed by atoms with van der Waals surface area (Å²) >= 11 is 0. The number of unbranched alkanes of at least 4 members (excludes halogenated alkanes) is 5. The second-order valence-electron chi connectivity index (χ2n) is 8.67. The Hall–Kier alpha value is 0. The third-order valence-corrected chi connectivity index (χ3v) is 5.66. The molecule has 0 heterocycles. The number of hydrogen-bond acceptors (Lipinski definition) is 0. The Bertz CT molecular complexity index is 236. The minimum atomic E-state index is 0.603. The van der Waals surface area contributed by atoms with Gasteiger partial charge in [-0.1, -0.05) is 105 Å². The first-order valence-electron chi connectivity index (χ1n) is 10.0. The topological polar surface area (TPSA) is 0 Å². The van der Waals surface area contributed by atoms with Gasteiger partial charge in [0, 0.05) is 0 Å². The first kappa shape index (κ1) is 19.0. The van der Waals surface area contributed by atoms with E-state index >= 15 is 0 Å². The Labute approximate surface area is 135 Å². The van der Waals surface area contributed by atoms with Crippen molar-refractivity contribution in [1.82, 2.24) is 0 Å². The Morgan fingerprint density at radius 2 is 1.43 bits per heavy atom. The minimum Gasteiger partial charge on any atom is -0.0651 e. The normalized spacial score (nSPS) is 17.1. The molecule has 1 saturated carbocycles. The highest BCUT2D eigenvalue weighted by Gasteiger charge is 2.23. The van der Waals surface area contributed by atoms with Crippen molar-refractivity contribution in [2.45, 2.75) is 118 Å². The van der Waals surface area contributed by atoms with Crippen molar-refractivity contribution < 1.29 is 0 Å². The van der Waals surface area contributed by atoms with Crippen molar-refractivity contribution in [1.29, 1.82) is 0 Å². The maximum Gasteiger partial charge on any atom is -0.0354 e. The molecule has 1 aliphatic carbocycles. The van der Waals surface area contributed by atoms with Gasteiger partial charge in [0.1, 0.15) is 0 Å². The minimum absolute atomic E-state index is 0.603. The summed E-state index contributed by atoms with van der Waals surface area (Å²) in [5, 5.41) is 0. The second kappa shape index (κ2) is 10.7. The molecule has 0 aromatic heterocycles. The fourth-order valence-electron chi connectivity index (χ4n) is 3.41. The quantitative estimate of drug-likeness (QED) is 0.287. The largest absolute Gasteiger partial charge is 0.0651 e. The van der Waals surface area contributed by atoms with E-state index < -0.39 is 0 Å². The zero-order valence-electron chi connectivity index (χ0n) is 15.6. The fraction of sp³-hybridized carbons (Fsp3) is 1.00. The van der Waals surface area contributed by atoms with Crippen LogP contribution in [-0.2, 0) is 0 Å². The molecule has 0 spiro atoms. The molecule has 1 rings (SSSR count). The molecule has 1 atom stereocenters. The summed E-state index contributed by atoms with van der Waals surface area (Å²) in [5.74, 6) is 2.07. The lowest BCUT2D eigenvalue weighted by Gasteiger charge is -2.24. The highest BCUT2D eigenvalue weighted by Crippen LogP contribution is 2.37. The van der Waals surface area contributed by atoms with E-state index in [1.807, 2.05) is 0 Å². The van der Waals surface area contributed by atoms with Crippen LogP contribution in [0.3, 0.4) is 0 Å². The van der Waals surface area contributed by atoms with Gasteiger partial charge in [0.25, 0.3) is 0 Å². The van der Waals surface area contributed by atoms with Crippen LogP contribution in [0, 0.1) is 17.3 Å². The van der Waals surface area contributed by atoms with Gasteiger partial charge in [-0.3, -0.25) is 0 Å². The van der Waals surface area contributed by atoms with Gasteiger partial charge in [0.2, 0.25) is 0 Å². The van der Waals surface area contributed by atoms with E-state index in [2.05, 4.69) is 27.7 Å². The lowest BCUT2D eigenvalue weighted by Crippen LogP contribution is -2.11. The molecule has 0 amide bonds. The van der Waals surface area contributed by atoms with Crippen LogP contribution in [0.25, 0.3) is 0 Å². The standard InChI is InChI=1S/C21H42/c1-5-19(2)13-10-8-6-7-9-11-17-21(3,4)18-12-14-20-15-16-20/h19-20H,5-18H2,1-4H3. The van der Waals surface area contributed by atoms with Crippen LogP contribution < -0.4 is 0 Å². The monoisotopic (exact) mass is 294 g/mol.